The maximum Gasteiger partial charge on any atom is 0.217 e. The van der Waals surface area contributed by atoms with E-state index in [1.165, 1.54) is 29.5 Å². The summed E-state index contributed by atoms with van der Waals surface area (Å²) in [5.74, 6) is 0.452. The molecule has 1 aliphatic carbocycles. The van der Waals surface area contributed by atoms with Crippen molar-refractivity contribution in [1.29, 1.82) is 0 Å². The van der Waals surface area contributed by atoms with E-state index in [0.29, 0.717) is 12.3 Å². The number of amides is 1. The molecule has 0 atom stereocenters. The average Bonchev–Trinajstić information content (AvgIpc) is 2.92. The van der Waals surface area contributed by atoms with Gasteiger partial charge in [-0.3, -0.25) is 4.79 Å². The Bertz CT molecular complexity index is 543. The number of hydrogen-bond donors (Lipinski definition) is 1. The molecule has 2 nitrogen and oxygen atoms in total. The second-order valence-electron chi connectivity index (χ2n) is 5.10. The summed E-state index contributed by atoms with van der Waals surface area (Å²) in [4.78, 5) is 9.59. The predicted octanol–water partition coefficient (Wildman–Crippen LogP) is 3.70. The Hall–Kier alpha value is -2.09. The molecule has 0 radical (unpaired) electrons. The van der Waals surface area contributed by atoms with E-state index in [4.69, 9.17) is 0 Å². The minimum Gasteiger partial charge on any atom is -0.370 e. The first kappa shape index (κ1) is 14.3. The highest BCUT2D eigenvalue weighted by Crippen LogP contribution is 2.33. The smallest absolute Gasteiger partial charge is 0.217 e. The van der Waals surface area contributed by atoms with Crippen LogP contribution in [0, 0.1) is 0 Å². The maximum absolute atomic E-state index is 9.59. The topological polar surface area (TPSA) is 43.1 Å². The summed E-state index contributed by atoms with van der Waals surface area (Å²) in [6.45, 7) is 1.72. The van der Waals surface area contributed by atoms with Gasteiger partial charge in [0.05, 0.1) is 0 Å². The Labute approximate surface area is 122 Å². The summed E-state index contributed by atoms with van der Waals surface area (Å²) < 4.78 is 0. The van der Waals surface area contributed by atoms with Gasteiger partial charge in [-0.05, 0) is 35.4 Å². The summed E-state index contributed by atoms with van der Waals surface area (Å²) in [6.07, 6.45) is 2.86. The SMILES string of the molecule is CCC(N)=O.[HH].c1ccc(C2Cc3ccccc3C2)cc1. The van der Waals surface area contributed by atoms with Crippen LogP contribution in [0.1, 0.15) is 37.4 Å². The van der Waals surface area contributed by atoms with Crippen molar-refractivity contribution in [3.05, 3.63) is 71.3 Å². The molecule has 0 saturated carbocycles. The molecule has 2 aromatic rings. The molecule has 0 spiro atoms. The lowest BCUT2D eigenvalue weighted by atomic mass is 9.96. The number of primary amides is 1. The first-order chi connectivity index (χ1) is 9.70. The monoisotopic (exact) mass is 269 g/mol. The number of hydrogen-bond acceptors (Lipinski definition) is 1. The van der Waals surface area contributed by atoms with Gasteiger partial charge >= 0.3 is 0 Å². The van der Waals surface area contributed by atoms with Gasteiger partial charge in [0.15, 0.2) is 0 Å². The summed E-state index contributed by atoms with van der Waals surface area (Å²) in [5.41, 5.74) is 9.20. The van der Waals surface area contributed by atoms with Crippen LogP contribution in [0.2, 0.25) is 0 Å². The fourth-order valence-corrected chi connectivity index (χ4v) is 2.52. The average molecular weight is 269 g/mol. The number of carbonyl (C=O) groups excluding carboxylic acids is 1. The minimum atomic E-state index is -0.245. The first-order valence-corrected chi connectivity index (χ1v) is 7.10. The van der Waals surface area contributed by atoms with E-state index in [1.54, 1.807) is 6.92 Å². The zero-order valence-corrected chi connectivity index (χ0v) is 11.9. The van der Waals surface area contributed by atoms with Crippen molar-refractivity contribution in [3.8, 4) is 0 Å². The molecule has 20 heavy (non-hydrogen) atoms. The van der Waals surface area contributed by atoms with Crippen LogP contribution in [0.4, 0.5) is 0 Å². The lowest BCUT2D eigenvalue weighted by Gasteiger charge is -2.08. The van der Waals surface area contributed by atoms with Crippen LogP contribution in [0.5, 0.6) is 0 Å². The van der Waals surface area contributed by atoms with Crippen LogP contribution in [-0.2, 0) is 17.6 Å². The quantitative estimate of drug-likeness (QED) is 0.887. The Balaban J connectivity index is 0.000000324. The van der Waals surface area contributed by atoms with Crippen molar-refractivity contribution >= 4 is 5.91 Å². The molecule has 0 heterocycles. The fourth-order valence-electron chi connectivity index (χ4n) is 2.52. The molecule has 1 aliphatic rings. The molecule has 0 aromatic heterocycles. The second-order valence-corrected chi connectivity index (χ2v) is 5.10. The van der Waals surface area contributed by atoms with E-state index in [0.717, 1.165) is 0 Å². The van der Waals surface area contributed by atoms with Crippen LogP contribution in [0.25, 0.3) is 0 Å². The fraction of sp³-hybridized carbons (Fsp3) is 0.278. The second kappa shape index (κ2) is 6.90. The molecule has 0 bridgehead atoms. The zero-order valence-electron chi connectivity index (χ0n) is 11.9. The molecule has 0 unspecified atom stereocenters. The van der Waals surface area contributed by atoms with Crippen molar-refractivity contribution in [2.24, 2.45) is 5.73 Å². The summed E-state index contributed by atoms with van der Waals surface area (Å²) >= 11 is 0. The third kappa shape index (κ3) is 3.70. The third-order valence-corrected chi connectivity index (χ3v) is 3.67. The molecule has 3 rings (SSSR count). The van der Waals surface area contributed by atoms with Crippen LogP contribution >= 0.6 is 0 Å². The van der Waals surface area contributed by atoms with Gasteiger partial charge in [0.25, 0.3) is 0 Å². The maximum atomic E-state index is 9.59. The molecule has 0 aliphatic heterocycles. The van der Waals surface area contributed by atoms with Gasteiger partial charge in [-0.2, -0.15) is 0 Å². The van der Waals surface area contributed by atoms with E-state index in [1.807, 2.05) is 0 Å². The highest BCUT2D eigenvalue weighted by Gasteiger charge is 2.21. The lowest BCUT2D eigenvalue weighted by Crippen LogP contribution is -2.06. The van der Waals surface area contributed by atoms with Gasteiger partial charge in [-0.15, -0.1) is 0 Å². The van der Waals surface area contributed by atoms with Gasteiger partial charge in [-0.25, -0.2) is 0 Å². The van der Waals surface area contributed by atoms with Crippen LogP contribution < -0.4 is 5.73 Å². The Kier molecular flexibility index (Phi) is 4.94. The Morgan fingerprint density at radius 1 is 1.05 bits per heavy atom. The highest BCUT2D eigenvalue weighted by molar-refractivity contribution is 5.73. The van der Waals surface area contributed by atoms with Crippen molar-refractivity contribution in [1.82, 2.24) is 0 Å². The standard InChI is InChI=1S/C15H14.C3H7NO.H2/c1-2-6-12(7-3-1)15-10-13-8-4-5-9-14(13)11-15;1-2-3(4)5;/h1-9,15H,10-11H2;2H2,1H3,(H2,4,5);1H. The lowest BCUT2D eigenvalue weighted by molar-refractivity contribution is -0.117. The van der Waals surface area contributed by atoms with E-state index in [2.05, 4.69) is 60.3 Å². The van der Waals surface area contributed by atoms with Crippen molar-refractivity contribution in [2.45, 2.75) is 32.1 Å². The summed E-state index contributed by atoms with van der Waals surface area (Å²) in [5, 5.41) is 0. The van der Waals surface area contributed by atoms with Gasteiger partial charge in [0.2, 0.25) is 5.91 Å². The van der Waals surface area contributed by atoms with Gasteiger partial charge in [0.1, 0.15) is 0 Å². The number of benzene rings is 2. The normalized spacial score (nSPS) is 13.2. The minimum absolute atomic E-state index is 0. The van der Waals surface area contributed by atoms with Crippen molar-refractivity contribution in [2.75, 3.05) is 0 Å². The van der Waals surface area contributed by atoms with Crippen LogP contribution in [-0.4, -0.2) is 5.91 Å². The predicted molar refractivity (Wildman–Crippen MR) is 84.6 cm³/mol. The molecular weight excluding hydrogens is 246 g/mol. The van der Waals surface area contributed by atoms with E-state index >= 15 is 0 Å². The molecule has 0 saturated heterocycles. The summed E-state index contributed by atoms with van der Waals surface area (Å²) in [7, 11) is 0. The molecule has 0 fully saturated rings. The van der Waals surface area contributed by atoms with Crippen molar-refractivity contribution in [3.63, 3.8) is 0 Å². The van der Waals surface area contributed by atoms with Crippen molar-refractivity contribution < 1.29 is 6.22 Å². The molecule has 1 amide bonds. The van der Waals surface area contributed by atoms with Gasteiger partial charge in [0, 0.05) is 7.85 Å². The van der Waals surface area contributed by atoms with Crippen LogP contribution in [0.15, 0.2) is 54.6 Å². The number of nitrogens with two attached hydrogens (primary N) is 1. The molecule has 2 aromatic carbocycles. The van der Waals surface area contributed by atoms with Crippen LogP contribution in [0.3, 0.4) is 0 Å². The molecule has 106 valence electrons. The molecule has 2 heteroatoms. The molecular formula is C18H23NO. The van der Waals surface area contributed by atoms with E-state index < -0.39 is 0 Å². The third-order valence-electron chi connectivity index (χ3n) is 3.67. The first-order valence-electron chi connectivity index (χ1n) is 7.10. The number of fused-ring (bicyclic) bond motifs is 1. The highest BCUT2D eigenvalue weighted by atomic mass is 16.1. The number of rotatable bonds is 2. The largest absolute Gasteiger partial charge is 0.370 e. The van der Waals surface area contributed by atoms with E-state index in [9.17, 15) is 4.79 Å². The van der Waals surface area contributed by atoms with Gasteiger partial charge in [-0.1, -0.05) is 61.5 Å². The zero-order chi connectivity index (χ0) is 14.4. The Morgan fingerprint density at radius 3 is 1.95 bits per heavy atom. The summed E-state index contributed by atoms with van der Waals surface area (Å²) in [6, 6.07) is 19.7. The van der Waals surface area contributed by atoms with Gasteiger partial charge < -0.3 is 5.73 Å². The molecule has 2 N–H and O–H groups in total. The Morgan fingerprint density at radius 2 is 1.50 bits per heavy atom. The number of carbonyl (C=O) groups is 1. The van der Waals surface area contributed by atoms with E-state index in [-0.39, 0.29) is 7.33 Å².